The Kier molecular flexibility index (Phi) is 7.39. The summed E-state index contributed by atoms with van der Waals surface area (Å²) in [4.78, 5) is 13.5. The van der Waals surface area contributed by atoms with Gasteiger partial charge in [0.15, 0.2) is 0 Å². The molecule has 0 aromatic carbocycles. The SMILES string of the molecule is CCC(C)N(CC)CCCCC(C)(N)C(N)=O. The number of amides is 1. The Balaban J connectivity index is 3.87. The van der Waals surface area contributed by atoms with Gasteiger partial charge in [-0.2, -0.15) is 0 Å². The van der Waals surface area contributed by atoms with E-state index in [-0.39, 0.29) is 0 Å². The van der Waals surface area contributed by atoms with Crippen molar-refractivity contribution in [2.45, 2.75) is 65.0 Å². The lowest BCUT2D eigenvalue weighted by Crippen LogP contribution is -2.49. The van der Waals surface area contributed by atoms with Gasteiger partial charge < -0.3 is 16.4 Å². The molecule has 0 aliphatic carbocycles. The second-order valence-corrected chi connectivity index (χ2v) is 5.12. The van der Waals surface area contributed by atoms with Gasteiger partial charge in [-0.05, 0) is 52.6 Å². The van der Waals surface area contributed by atoms with Crippen molar-refractivity contribution in [3.05, 3.63) is 0 Å². The Morgan fingerprint density at radius 1 is 1.35 bits per heavy atom. The normalized spacial score (nSPS) is 16.8. The molecular formula is C13H29N3O. The Morgan fingerprint density at radius 2 is 1.94 bits per heavy atom. The number of nitrogens with two attached hydrogens (primary N) is 2. The topological polar surface area (TPSA) is 72.3 Å². The van der Waals surface area contributed by atoms with Crippen LogP contribution in [0.15, 0.2) is 0 Å². The molecule has 0 fully saturated rings. The maximum Gasteiger partial charge on any atom is 0.237 e. The molecule has 0 heterocycles. The van der Waals surface area contributed by atoms with Crippen LogP contribution in [0.1, 0.15) is 53.4 Å². The second kappa shape index (κ2) is 7.67. The van der Waals surface area contributed by atoms with Gasteiger partial charge in [0.05, 0.1) is 5.54 Å². The molecule has 0 radical (unpaired) electrons. The van der Waals surface area contributed by atoms with Gasteiger partial charge in [0.2, 0.25) is 5.91 Å². The highest BCUT2D eigenvalue weighted by molar-refractivity contribution is 5.83. The molecule has 0 saturated heterocycles. The minimum absolute atomic E-state index is 0.410. The first-order valence-corrected chi connectivity index (χ1v) is 6.68. The van der Waals surface area contributed by atoms with Crippen LogP contribution < -0.4 is 11.5 Å². The maximum atomic E-state index is 11.0. The van der Waals surface area contributed by atoms with E-state index in [1.54, 1.807) is 6.92 Å². The summed E-state index contributed by atoms with van der Waals surface area (Å²) in [5.74, 6) is -0.410. The Labute approximate surface area is 106 Å². The fourth-order valence-corrected chi connectivity index (χ4v) is 1.88. The zero-order chi connectivity index (χ0) is 13.5. The van der Waals surface area contributed by atoms with Gasteiger partial charge in [-0.3, -0.25) is 4.79 Å². The van der Waals surface area contributed by atoms with Crippen LogP contribution in [0.25, 0.3) is 0 Å². The molecule has 0 aromatic rings. The molecule has 4 nitrogen and oxygen atoms in total. The molecule has 4 heteroatoms. The average Bonchev–Trinajstić information content (AvgIpc) is 2.28. The number of hydrogen-bond donors (Lipinski definition) is 2. The fraction of sp³-hybridized carbons (Fsp3) is 0.923. The Hall–Kier alpha value is -0.610. The van der Waals surface area contributed by atoms with Gasteiger partial charge in [0.25, 0.3) is 0 Å². The zero-order valence-electron chi connectivity index (χ0n) is 11.8. The molecule has 0 rings (SSSR count). The highest BCUT2D eigenvalue weighted by atomic mass is 16.1. The molecular weight excluding hydrogens is 214 g/mol. The van der Waals surface area contributed by atoms with Crippen molar-refractivity contribution in [3.63, 3.8) is 0 Å². The Morgan fingerprint density at radius 3 is 2.35 bits per heavy atom. The van der Waals surface area contributed by atoms with Crippen LogP contribution in [0.4, 0.5) is 0 Å². The maximum absolute atomic E-state index is 11.0. The number of unbranched alkanes of at least 4 members (excludes halogenated alkanes) is 1. The van der Waals surface area contributed by atoms with E-state index in [2.05, 4.69) is 25.7 Å². The van der Waals surface area contributed by atoms with Gasteiger partial charge in [-0.15, -0.1) is 0 Å². The average molecular weight is 243 g/mol. The minimum Gasteiger partial charge on any atom is -0.368 e. The molecule has 0 bridgehead atoms. The molecule has 0 aliphatic heterocycles. The number of rotatable bonds is 9. The number of nitrogens with zero attached hydrogens (tertiary/aromatic N) is 1. The molecule has 17 heavy (non-hydrogen) atoms. The van der Waals surface area contributed by atoms with Crippen molar-refractivity contribution in [1.29, 1.82) is 0 Å². The predicted molar refractivity (Wildman–Crippen MR) is 72.6 cm³/mol. The monoisotopic (exact) mass is 243 g/mol. The van der Waals surface area contributed by atoms with Crippen molar-refractivity contribution in [1.82, 2.24) is 4.90 Å². The lowest BCUT2D eigenvalue weighted by Gasteiger charge is -2.27. The molecule has 102 valence electrons. The van der Waals surface area contributed by atoms with Gasteiger partial charge in [0, 0.05) is 6.04 Å². The smallest absolute Gasteiger partial charge is 0.237 e. The third kappa shape index (κ3) is 6.03. The van der Waals surface area contributed by atoms with Crippen LogP contribution in [0.5, 0.6) is 0 Å². The Bertz CT molecular complexity index is 229. The van der Waals surface area contributed by atoms with Crippen LogP contribution in [0.3, 0.4) is 0 Å². The van der Waals surface area contributed by atoms with E-state index in [9.17, 15) is 4.79 Å². The highest BCUT2D eigenvalue weighted by Crippen LogP contribution is 2.12. The first-order chi connectivity index (χ1) is 7.85. The standard InChI is InChI=1S/C13H29N3O/c1-5-11(3)16(6-2)10-8-7-9-13(4,15)12(14)17/h11H,5-10,15H2,1-4H3,(H2,14,17). The molecule has 0 aliphatic rings. The van der Waals surface area contributed by atoms with E-state index < -0.39 is 11.4 Å². The third-order valence-corrected chi connectivity index (χ3v) is 3.57. The molecule has 4 N–H and O–H groups in total. The summed E-state index contributed by atoms with van der Waals surface area (Å²) < 4.78 is 0. The van der Waals surface area contributed by atoms with E-state index >= 15 is 0 Å². The van der Waals surface area contributed by atoms with Crippen LogP contribution in [0, 0.1) is 0 Å². The minimum atomic E-state index is -0.854. The van der Waals surface area contributed by atoms with Gasteiger partial charge in [-0.1, -0.05) is 13.8 Å². The summed E-state index contributed by atoms with van der Waals surface area (Å²) in [5.41, 5.74) is 10.2. The zero-order valence-corrected chi connectivity index (χ0v) is 11.8. The number of carbonyl (C=O) groups excluding carboxylic acids is 1. The number of primary amides is 1. The van der Waals surface area contributed by atoms with Crippen LogP contribution in [0.2, 0.25) is 0 Å². The van der Waals surface area contributed by atoms with Crippen LogP contribution >= 0.6 is 0 Å². The van der Waals surface area contributed by atoms with Crippen molar-refractivity contribution >= 4 is 5.91 Å². The van der Waals surface area contributed by atoms with Crippen molar-refractivity contribution in [2.24, 2.45) is 11.5 Å². The molecule has 1 amide bonds. The lowest BCUT2D eigenvalue weighted by atomic mass is 9.95. The second-order valence-electron chi connectivity index (χ2n) is 5.12. The number of carbonyl (C=O) groups is 1. The molecule has 2 atom stereocenters. The molecule has 2 unspecified atom stereocenters. The molecule has 0 saturated carbocycles. The first kappa shape index (κ1) is 16.4. The fourth-order valence-electron chi connectivity index (χ4n) is 1.88. The van der Waals surface area contributed by atoms with Gasteiger partial charge in [0.1, 0.15) is 0 Å². The number of hydrogen-bond acceptors (Lipinski definition) is 3. The summed E-state index contributed by atoms with van der Waals surface area (Å²) in [7, 11) is 0. The van der Waals surface area contributed by atoms with Crippen molar-refractivity contribution in [2.75, 3.05) is 13.1 Å². The molecule has 0 spiro atoms. The van der Waals surface area contributed by atoms with Crippen molar-refractivity contribution in [3.8, 4) is 0 Å². The predicted octanol–water partition coefficient (Wildman–Crippen LogP) is 1.48. The lowest BCUT2D eigenvalue weighted by molar-refractivity contribution is -0.122. The third-order valence-electron chi connectivity index (χ3n) is 3.57. The summed E-state index contributed by atoms with van der Waals surface area (Å²) in [6.07, 6.45) is 3.85. The van der Waals surface area contributed by atoms with Gasteiger partial charge in [-0.25, -0.2) is 0 Å². The van der Waals surface area contributed by atoms with Crippen LogP contribution in [-0.2, 0) is 4.79 Å². The van der Waals surface area contributed by atoms with E-state index in [1.165, 1.54) is 6.42 Å². The largest absolute Gasteiger partial charge is 0.368 e. The van der Waals surface area contributed by atoms with E-state index in [0.29, 0.717) is 12.5 Å². The highest BCUT2D eigenvalue weighted by Gasteiger charge is 2.24. The summed E-state index contributed by atoms with van der Waals surface area (Å²) >= 11 is 0. The summed E-state index contributed by atoms with van der Waals surface area (Å²) in [6.45, 7) is 10.5. The van der Waals surface area contributed by atoms with Crippen molar-refractivity contribution < 1.29 is 4.79 Å². The quantitative estimate of drug-likeness (QED) is 0.602. The first-order valence-electron chi connectivity index (χ1n) is 6.68. The van der Waals surface area contributed by atoms with E-state index in [4.69, 9.17) is 11.5 Å². The van der Waals surface area contributed by atoms with Gasteiger partial charge >= 0.3 is 0 Å². The summed E-state index contributed by atoms with van der Waals surface area (Å²) in [6, 6.07) is 0.625. The van der Waals surface area contributed by atoms with E-state index in [0.717, 1.165) is 25.9 Å². The van der Waals surface area contributed by atoms with E-state index in [1.807, 2.05) is 0 Å². The van der Waals surface area contributed by atoms with Crippen LogP contribution in [-0.4, -0.2) is 35.5 Å². The molecule has 0 aromatic heterocycles. The summed E-state index contributed by atoms with van der Waals surface area (Å²) in [5, 5.41) is 0.